The predicted octanol–water partition coefficient (Wildman–Crippen LogP) is 1.72. The number of sulfonamides is 1. The van der Waals surface area contributed by atoms with Crippen molar-refractivity contribution in [1.29, 1.82) is 0 Å². The van der Waals surface area contributed by atoms with E-state index in [1.807, 2.05) is 13.8 Å². The molecule has 0 bridgehead atoms. The highest BCUT2D eigenvalue weighted by Gasteiger charge is 2.46. The second-order valence-electron chi connectivity index (χ2n) is 7.21. The van der Waals surface area contributed by atoms with E-state index in [0.717, 1.165) is 17.5 Å². The molecular weight excluding hydrogens is 340 g/mol. The van der Waals surface area contributed by atoms with Crippen molar-refractivity contribution >= 4 is 15.9 Å². The molecule has 1 aromatic rings. The van der Waals surface area contributed by atoms with E-state index in [1.54, 1.807) is 32.0 Å². The standard InChI is InChI=1S/C18H26N2O4S/c1-11-8-16(24-5)12(2)13(3)17(11)25(22,23)20-9-14-6-7-19(4)18(21)15(14)10-20/h8,14-15H,6-7,9-10H2,1-5H3/t14-,15+/m1/s1. The van der Waals surface area contributed by atoms with Gasteiger partial charge in [0.15, 0.2) is 0 Å². The summed E-state index contributed by atoms with van der Waals surface area (Å²) in [6.07, 6.45) is 0.860. The average molecular weight is 366 g/mol. The van der Waals surface area contributed by atoms with Crippen LogP contribution in [0.4, 0.5) is 0 Å². The second-order valence-corrected chi connectivity index (χ2v) is 9.09. The fraction of sp³-hybridized carbons (Fsp3) is 0.611. The molecule has 0 aliphatic carbocycles. The molecule has 2 saturated heterocycles. The van der Waals surface area contributed by atoms with Crippen LogP contribution in [-0.2, 0) is 14.8 Å². The van der Waals surface area contributed by atoms with E-state index in [2.05, 4.69) is 0 Å². The number of fused-ring (bicyclic) bond motifs is 1. The normalized spacial score (nSPS) is 24.5. The number of hydrogen-bond donors (Lipinski definition) is 0. The molecular formula is C18H26N2O4S. The molecule has 1 aromatic carbocycles. The molecule has 3 rings (SSSR count). The van der Waals surface area contributed by atoms with Crippen molar-refractivity contribution in [3.63, 3.8) is 0 Å². The summed E-state index contributed by atoms with van der Waals surface area (Å²) < 4.78 is 33.5. The summed E-state index contributed by atoms with van der Waals surface area (Å²) in [5.41, 5.74) is 2.23. The van der Waals surface area contributed by atoms with Crippen LogP contribution in [0, 0.1) is 32.6 Å². The van der Waals surface area contributed by atoms with Gasteiger partial charge in [-0.25, -0.2) is 8.42 Å². The summed E-state index contributed by atoms with van der Waals surface area (Å²) in [5, 5.41) is 0. The summed E-state index contributed by atoms with van der Waals surface area (Å²) >= 11 is 0. The van der Waals surface area contributed by atoms with Crippen molar-refractivity contribution in [2.75, 3.05) is 33.8 Å². The van der Waals surface area contributed by atoms with Crippen LogP contribution in [0.2, 0.25) is 0 Å². The van der Waals surface area contributed by atoms with E-state index in [9.17, 15) is 13.2 Å². The number of ether oxygens (including phenoxy) is 1. The Kier molecular flexibility index (Phi) is 4.58. The zero-order valence-corrected chi connectivity index (χ0v) is 16.3. The van der Waals surface area contributed by atoms with Gasteiger partial charge in [-0.2, -0.15) is 4.31 Å². The van der Waals surface area contributed by atoms with Crippen LogP contribution in [0.1, 0.15) is 23.1 Å². The molecule has 2 heterocycles. The monoisotopic (exact) mass is 366 g/mol. The van der Waals surface area contributed by atoms with Gasteiger partial charge in [0.2, 0.25) is 15.9 Å². The van der Waals surface area contributed by atoms with Crippen molar-refractivity contribution in [2.24, 2.45) is 11.8 Å². The number of likely N-dealkylation sites (tertiary alicyclic amines) is 1. The first-order chi connectivity index (χ1) is 11.7. The molecule has 2 aliphatic rings. The number of aryl methyl sites for hydroxylation is 1. The third-order valence-corrected chi connectivity index (χ3v) is 7.85. The van der Waals surface area contributed by atoms with Crippen LogP contribution in [0.3, 0.4) is 0 Å². The Morgan fingerprint density at radius 3 is 2.48 bits per heavy atom. The summed E-state index contributed by atoms with van der Waals surface area (Å²) in [6.45, 7) is 6.89. The Morgan fingerprint density at radius 2 is 1.84 bits per heavy atom. The Morgan fingerprint density at radius 1 is 1.16 bits per heavy atom. The van der Waals surface area contributed by atoms with Gasteiger partial charge in [0.25, 0.3) is 0 Å². The van der Waals surface area contributed by atoms with Gasteiger partial charge in [-0.1, -0.05) is 0 Å². The third-order valence-electron chi connectivity index (χ3n) is 5.73. The summed E-state index contributed by atoms with van der Waals surface area (Å²) in [6, 6.07) is 1.78. The maximum atomic E-state index is 13.3. The van der Waals surface area contributed by atoms with E-state index < -0.39 is 10.0 Å². The van der Waals surface area contributed by atoms with E-state index in [4.69, 9.17) is 4.74 Å². The Bertz CT molecular complexity index is 819. The number of benzene rings is 1. The van der Waals surface area contributed by atoms with Crippen LogP contribution in [0.15, 0.2) is 11.0 Å². The number of hydrogen-bond acceptors (Lipinski definition) is 4. The van der Waals surface area contributed by atoms with Gasteiger partial charge in [-0.3, -0.25) is 4.79 Å². The molecule has 0 aromatic heterocycles. The molecule has 0 spiro atoms. The minimum Gasteiger partial charge on any atom is -0.496 e. The highest BCUT2D eigenvalue weighted by molar-refractivity contribution is 7.89. The molecule has 2 fully saturated rings. The summed E-state index contributed by atoms with van der Waals surface area (Å²) in [4.78, 5) is 14.4. The summed E-state index contributed by atoms with van der Waals surface area (Å²) in [7, 11) is -0.265. The molecule has 6 nitrogen and oxygen atoms in total. The van der Waals surface area contributed by atoms with Crippen LogP contribution in [0.5, 0.6) is 5.75 Å². The first-order valence-electron chi connectivity index (χ1n) is 8.58. The van der Waals surface area contributed by atoms with Gasteiger partial charge < -0.3 is 9.64 Å². The van der Waals surface area contributed by atoms with Crippen LogP contribution < -0.4 is 4.74 Å². The first-order valence-corrected chi connectivity index (χ1v) is 10.0. The lowest BCUT2D eigenvalue weighted by Crippen LogP contribution is -2.42. The van der Waals surface area contributed by atoms with E-state index in [-0.39, 0.29) is 24.3 Å². The first kappa shape index (κ1) is 18.2. The zero-order chi connectivity index (χ0) is 18.5. The molecule has 138 valence electrons. The molecule has 0 N–H and O–H groups in total. The lowest BCUT2D eigenvalue weighted by Gasteiger charge is -2.30. The van der Waals surface area contributed by atoms with E-state index in [0.29, 0.717) is 29.3 Å². The Hall–Kier alpha value is -1.60. The topological polar surface area (TPSA) is 66.9 Å². The molecule has 2 aliphatic heterocycles. The number of carbonyl (C=O) groups is 1. The Labute approximate surface area is 149 Å². The zero-order valence-electron chi connectivity index (χ0n) is 15.5. The smallest absolute Gasteiger partial charge is 0.243 e. The molecule has 1 amide bonds. The number of rotatable bonds is 3. The quantitative estimate of drug-likeness (QED) is 0.817. The van der Waals surface area contributed by atoms with Crippen molar-refractivity contribution in [3.05, 3.63) is 22.8 Å². The fourth-order valence-electron chi connectivity index (χ4n) is 4.11. The lowest BCUT2D eigenvalue weighted by atomic mass is 9.88. The SMILES string of the molecule is COc1cc(C)c(S(=O)(=O)N2C[C@H]3CCN(C)C(=O)[C@H]3C2)c(C)c1C. The number of methoxy groups -OCH3 is 1. The lowest BCUT2D eigenvalue weighted by molar-refractivity contribution is -0.137. The van der Waals surface area contributed by atoms with Crippen molar-refractivity contribution in [2.45, 2.75) is 32.1 Å². The van der Waals surface area contributed by atoms with Crippen LogP contribution >= 0.6 is 0 Å². The van der Waals surface area contributed by atoms with Gasteiger partial charge in [0.05, 0.1) is 17.9 Å². The fourth-order valence-corrected chi connectivity index (χ4v) is 6.12. The van der Waals surface area contributed by atoms with Gasteiger partial charge in [0.1, 0.15) is 5.75 Å². The highest BCUT2D eigenvalue weighted by Crippen LogP contribution is 2.38. The number of piperidine rings is 1. The number of amides is 1. The van der Waals surface area contributed by atoms with Gasteiger partial charge in [0, 0.05) is 26.7 Å². The van der Waals surface area contributed by atoms with E-state index >= 15 is 0 Å². The van der Waals surface area contributed by atoms with Gasteiger partial charge >= 0.3 is 0 Å². The number of carbonyl (C=O) groups excluding carboxylic acids is 1. The maximum Gasteiger partial charge on any atom is 0.243 e. The molecule has 7 heteroatoms. The van der Waals surface area contributed by atoms with Gasteiger partial charge in [-0.05, 0) is 55.9 Å². The Balaban J connectivity index is 1.99. The minimum absolute atomic E-state index is 0.0632. The highest BCUT2D eigenvalue weighted by atomic mass is 32.2. The molecule has 0 radical (unpaired) electrons. The molecule has 0 saturated carbocycles. The van der Waals surface area contributed by atoms with Crippen molar-refractivity contribution < 1.29 is 17.9 Å². The second kappa shape index (κ2) is 6.29. The maximum absolute atomic E-state index is 13.3. The molecule has 0 unspecified atom stereocenters. The third kappa shape index (κ3) is 2.83. The number of nitrogens with zero attached hydrogens (tertiary/aromatic N) is 2. The molecule has 25 heavy (non-hydrogen) atoms. The molecule has 2 atom stereocenters. The van der Waals surface area contributed by atoms with Crippen molar-refractivity contribution in [1.82, 2.24) is 9.21 Å². The average Bonchev–Trinajstić information content (AvgIpc) is 3.00. The van der Waals surface area contributed by atoms with Gasteiger partial charge in [-0.15, -0.1) is 0 Å². The van der Waals surface area contributed by atoms with E-state index in [1.165, 1.54) is 4.31 Å². The van der Waals surface area contributed by atoms with Crippen LogP contribution in [0.25, 0.3) is 0 Å². The summed E-state index contributed by atoms with van der Waals surface area (Å²) in [5.74, 6) is 0.668. The minimum atomic E-state index is -3.64. The predicted molar refractivity (Wildman–Crippen MR) is 95.2 cm³/mol. The van der Waals surface area contributed by atoms with Crippen LogP contribution in [-0.4, -0.2) is 57.3 Å². The largest absolute Gasteiger partial charge is 0.496 e. The van der Waals surface area contributed by atoms with Crippen molar-refractivity contribution in [3.8, 4) is 5.75 Å².